The molecule has 1 aromatic carbocycles. The molecule has 8 heteroatoms. The topological polar surface area (TPSA) is 92.3 Å². The lowest BCUT2D eigenvalue weighted by molar-refractivity contribution is 1.09. The van der Waals surface area contributed by atoms with Crippen LogP contribution in [0.3, 0.4) is 0 Å². The Kier molecular flexibility index (Phi) is 2.88. The van der Waals surface area contributed by atoms with Gasteiger partial charge in [-0.15, -0.1) is 0 Å². The highest BCUT2D eigenvalue weighted by molar-refractivity contribution is 14.1. The molecule has 0 saturated carbocycles. The summed E-state index contributed by atoms with van der Waals surface area (Å²) in [6.07, 6.45) is 3.17. The Balaban J connectivity index is 1.89. The number of aromatic amines is 1. The summed E-state index contributed by atoms with van der Waals surface area (Å²) in [5.41, 5.74) is 1.57. The molecule has 0 aliphatic carbocycles. The molecule has 4 rings (SSSR count). The second-order valence-corrected chi connectivity index (χ2v) is 5.30. The SMILES string of the molecule is Ic1nc(Nc2ncnc3[nH]ncc23)c2ccccc2n1. The normalized spacial score (nSPS) is 11.1. The molecule has 0 aliphatic rings. The third-order valence-corrected chi connectivity index (χ3v) is 3.54. The number of fused-ring (bicyclic) bond motifs is 2. The molecule has 0 unspecified atom stereocenters. The van der Waals surface area contributed by atoms with E-state index >= 15 is 0 Å². The fourth-order valence-corrected chi connectivity index (χ4v) is 2.62. The average molecular weight is 389 g/mol. The summed E-state index contributed by atoms with van der Waals surface area (Å²) in [5, 5.41) is 11.8. The van der Waals surface area contributed by atoms with Gasteiger partial charge in [0.25, 0.3) is 0 Å². The first kappa shape index (κ1) is 12.4. The first-order valence-electron chi connectivity index (χ1n) is 6.14. The van der Waals surface area contributed by atoms with Gasteiger partial charge >= 0.3 is 0 Å². The van der Waals surface area contributed by atoms with Gasteiger partial charge < -0.3 is 5.32 Å². The fraction of sp³-hybridized carbons (Fsp3) is 0. The summed E-state index contributed by atoms with van der Waals surface area (Å²) in [6.45, 7) is 0. The highest BCUT2D eigenvalue weighted by Crippen LogP contribution is 2.26. The number of hydrogen-bond acceptors (Lipinski definition) is 6. The van der Waals surface area contributed by atoms with E-state index in [0.29, 0.717) is 21.1 Å². The number of benzene rings is 1. The van der Waals surface area contributed by atoms with Crippen LogP contribution in [0.4, 0.5) is 11.6 Å². The van der Waals surface area contributed by atoms with Crippen LogP contribution in [0.2, 0.25) is 0 Å². The maximum atomic E-state index is 4.46. The van der Waals surface area contributed by atoms with Gasteiger partial charge in [-0.05, 0) is 12.1 Å². The number of aromatic nitrogens is 6. The zero-order valence-electron chi connectivity index (χ0n) is 10.6. The van der Waals surface area contributed by atoms with Gasteiger partial charge in [0.05, 0.1) is 17.1 Å². The molecule has 2 N–H and O–H groups in total. The van der Waals surface area contributed by atoms with Gasteiger partial charge in [-0.1, -0.05) is 12.1 Å². The van der Waals surface area contributed by atoms with Gasteiger partial charge in [0, 0.05) is 28.0 Å². The summed E-state index contributed by atoms with van der Waals surface area (Å²) < 4.78 is 0.672. The monoisotopic (exact) mass is 389 g/mol. The van der Waals surface area contributed by atoms with E-state index in [-0.39, 0.29) is 0 Å². The Morgan fingerprint density at radius 2 is 1.90 bits per heavy atom. The lowest BCUT2D eigenvalue weighted by atomic mass is 10.2. The minimum atomic E-state index is 0.661. The molecule has 0 saturated heterocycles. The maximum absolute atomic E-state index is 4.46. The number of para-hydroxylation sites is 1. The standard InChI is InChI=1S/C13H8IN7/c14-13-18-9-4-2-1-3-7(9)12(20-13)19-10-8-5-17-21-11(8)16-6-15-10/h1-6H,(H2,15,16,17,18,19,20,21). The Labute approximate surface area is 132 Å². The molecule has 21 heavy (non-hydrogen) atoms. The van der Waals surface area contributed by atoms with Crippen molar-refractivity contribution in [1.82, 2.24) is 30.1 Å². The molecule has 0 bridgehead atoms. The minimum Gasteiger partial charge on any atom is -0.324 e. The molecule has 0 radical (unpaired) electrons. The molecule has 7 nitrogen and oxygen atoms in total. The number of nitrogens with one attached hydrogen (secondary N) is 2. The van der Waals surface area contributed by atoms with Crippen LogP contribution in [0.15, 0.2) is 36.8 Å². The van der Waals surface area contributed by atoms with Crippen LogP contribution >= 0.6 is 22.6 Å². The van der Waals surface area contributed by atoms with Crippen molar-refractivity contribution in [2.24, 2.45) is 0 Å². The highest BCUT2D eigenvalue weighted by atomic mass is 127. The number of halogens is 1. The average Bonchev–Trinajstić information content (AvgIpc) is 2.96. The maximum Gasteiger partial charge on any atom is 0.193 e. The van der Waals surface area contributed by atoms with Gasteiger partial charge in [0.2, 0.25) is 0 Å². The van der Waals surface area contributed by atoms with Crippen molar-refractivity contribution in [2.45, 2.75) is 0 Å². The van der Waals surface area contributed by atoms with Crippen LogP contribution in [0.1, 0.15) is 0 Å². The molecule has 3 heterocycles. The van der Waals surface area contributed by atoms with E-state index in [1.165, 1.54) is 6.33 Å². The smallest absolute Gasteiger partial charge is 0.193 e. The molecule has 0 aliphatic heterocycles. The van der Waals surface area contributed by atoms with E-state index in [4.69, 9.17) is 0 Å². The van der Waals surface area contributed by atoms with E-state index in [9.17, 15) is 0 Å². The van der Waals surface area contributed by atoms with Gasteiger partial charge in [0.1, 0.15) is 18.0 Å². The van der Waals surface area contributed by atoms with E-state index in [2.05, 4.69) is 58.0 Å². The molecule has 0 amide bonds. The fourth-order valence-electron chi connectivity index (χ4n) is 2.12. The van der Waals surface area contributed by atoms with Crippen LogP contribution < -0.4 is 5.32 Å². The van der Waals surface area contributed by atoms with Gasteiger partial charge in [-0.3, -0.25) is 5.10 Å². The third-order valence-electron chi connectivity index (χ3n) is 3.06. The van der Waals surface area contributed by atoms with Crippen LogP contribution in [0.25, 0.3) is 21.9 Å². The van der Waals surface area contributed by atoms with Gasteiger partial charge in [-0.25, -0.2) is 19.9 Å². The third kappa shape index (κ3) is 2.17. The largest absolute Gasteiger partial charge is 0.324 e. The zero-order chi connectivity index (χ0) is 14.2. The van der Waals surface area contributed by atoms with Crippen LogP contribution in [-0.4, -0.2) is 30.1 Å². The first-order valence-corrected chi connectivity index (χ1v) is 7.22. The molecular weight excluding hydrogens is 381 g/mol. The van der Waals surface area contributed by atoms with Crippen molar-refractivity contribution in [3.05, 3.63) is 40.6 Å². The quantitative estimate of drug-likeness (QED) is 0.405. The molecule has 0 atom stereocenters. The van der Waals surface area contributed by atoms with Crippen molar-refractivity contribution < 1.29 is 0 Å². The second-order valence-electron chi connectivity index (χ2n) is 4.34. The second kappa shape index (κ2) is 4.88. The van der Waals surface area contributed by atoms with Crippen molar-refractivity contribution >= 4 is 56.2 Å². The summed E-state index contributed by atoms with van der Waals surface area (Å²) in [5.74, 6) is 1.37. The lowest BCUT2D eigenvalue weighted by Gasteiger charge is -2.08. The Hall–Kier alpha value is -2.36. The molecule has 0 fully saturated rings. The van der Waals surface area contributed by atoms with E-state index in [1.54, 1.807) is 6.20 Å². The molecule has 0 spiro atoms. The zero-order valence-corrected chi connectivity index (χ0v) is 12.7. The number of anilines is 2. The molecule has 102 valence electrons. The molecule has 3 aromatic heterocycles. The summed E-state index contributed by atoms with van der Waals surface area (Å²) >= 11 is 2.10. The lowest BCUT2D eigenvalue weighted by Crippen LogP contribution is -2.01. The Bertz CT molecular complexity index is 949. The number of hydrogen-bond donors (Lipinski definition) is 2. The number of nitrogens with zero attached hydrogens (tertiary/aromatic N) is 5. The van der Waals surface area contributed by atoms with Crippen molar-refractivity contribution in [1.29, 1.82) is 0 Å². The molecular formula is C13H8IN7. The van der Waals surface area contributed by atoms with Crippen LogP contribution in [-0.2, 0) is 0 Å². The van der Waals surface area contributed by atoms with E-state index in [1.807, 2.05) is 24.3 Å². The van der Waals surface area contributed by atoms with Gasteiger partial charge in [0.15, 0.2) is 9.48 Å². The Morgan fingerprint density at radius 3 is 2.86 bits per heavy atom. The number of rotatable bonds is 2. The van der Waals surface area contributed by atoms with Crippen molar-refractivity contribution in [3.63, 3.8) is 0 Å². The van der Waals surface area contributed by atoms with Crippen molar-refractivity contribution in [3.8, 4) is 0 Å². The minimum absolute atomic E-state index is 0.661. The molecule has 4 aromatic rings. The van der Waals surface area contributed by atoms with Gasteiger partial charge in [-0.2, -0.15) is 5.10 Å². The van der Waals surface area contributed by atoms with Crippen LogP contribution in [0.5, 0.6) is 0 Å². The van der Waals surface area contributed by atoms with Crippen LogP contribution in [0, 0.1) is 3.83 Å². The first-order chi connectivity index (χ1) is 10.3. The summed E-state index contributed by atoms with van der Waals surface area (Å²) in [6, 6.07) is 7.84. The Morgan fingerprint density at radius 1 is 1.00 bits per heavy atom. The predicted molar refractivity (Wildman–Crippen MR) is 87.2 cm³/mol. The highest BCUT2D eigenvalue weighted by Gasteiger charge is 2.10. The van der Waals surface area contributed by atoms with E-state index in [0.717, 1.165) is 16.3 Å². The summed E-state index contributed by atoms with van der Waals surface area (Å²) in [7, 11) is 0. The number of H-pyrrole nitrogens is 1. The van der Waals surface area contributed by atoms with E-state index < -0.39 is 0 Å². The summed E-state index contributed by atoms with van der Waals surface area (Å²) in [4.78, 5) is 17.3. The predicted octanol–water partition coefficient (Wildman–Crippen LogP) is 2.64. The van der Waals surface area contributed by atoms with Crippen molar-refractivity contribution in [2.75, 3.05) is 5.32 Å².